The molecule has 3 heteroatoms. The van der Waals surface area contributed by atoms with E-state index in [1.807, 2.05) is 30.5 Å². The van der Waals surface area contributed by atoms with E-state index >= 15 is 0 Å². The van der Waals surface area contributed by atoms with Gasteiger partial charge in [-0.1, -0.05) is 12.8 Å². The molecule has 0 atom stereocenters. The van der Waals surface area contributed by atoms with Crippen LogP contribution in [-0.2, 0) is 11.3 Å². The minimum Gasteiger partial charge on any atom is -0.497 e. The van der Waals surface area contributed by atoms with Crippen molar-refractivity contribution in [3.05, 3.63) is 30.5 Å². The molecule has 1 aliphatic rings. The molecule has 1 heterocycles. The normalized spacial score (nSPS) is 16.1. The second kappa shape index (κ2) is 5.08. The monoisotopic (exact) mass is 257 g/mol. The van der Waals surface area contributed by atoms with Crippen molar-refractivity contribution >= 4 is 16.7 Å². The maximum atomic E-state index is 12.2. The van der Waals surface area contributed by atoms with Crippen LogP contribution in [-0.4, -0.2) is 17.5 Å². The largest absolute Gasteiger partial charge is 0.497 e. The van der Waals surface area contributed by atoms with Crippen LogP contribution in [0.4, 0.5) is 0 Å². The van der Waals surface area contributed by atoms with E-state index < -0.39 is 0 Å². The molecule has 0 spiro atoms. The molecule has 0 unspecified atom stereocenters. The molecular formula is C16H19NO2. The molecule has 0 bridgehead atoms. The van der Waals surface area contributed by atoms with Crippen molar-refractivity contribution in [1.29, 1.82) is 0 Å². The molecule has 1 aromatic heterocycles. The van der Waals surface area contributed by atoms with E-state index in [0.717, 1.165) is 29.5 Å². The zero-order valence-electron chi connectivity index (χ0n) is 11.3. The quantitative estimate of drug-likeness (QED) is 0.840. The predicted octanol–water partition coefficient (Wildman–Crippen LogP) is 3.41. The molecule has 0 aliphatic heterocycles. The molecule has 3 nitrogen and oxygen atoms in total. The Morgan fingerprint density at radius 2 is 2.11 bits per heavy atom. The number of ketones is 1. The fourth-order valence-corrected chi connectivity index (χ4v) is 2.99. The summed E-state index contributed by atoms with van der Waals surface area (Å²) in [5.41, 5.74) is 1.10. The van der Waals surface area contributed by atoms with Crippen molar-refractivity contribution in [2.75, 3.05) is 7.11 Å². The van der Waals surface area contributed by atoms with Gasteiger partial charge in [-0.15, -0.1) is 0 Å². The molecule has 1 fully saturated rings. The van der Waals surface area contributed by atoms with Crippen LogP contribution in [0.2, 0.25) is 0 Å². The first kappa shape index (κ1) is 12.3. The highest BCUT2D eigenvalue weighted by atomic mass is 16.5. The van der Waals surface area contributed by atoms with Gasteiger partial charge in [-0.3, -0.25) is 4.79 Å². The van der Waals surface area contributed by atoms with Crippen LogP contribution in [0, 0.1) is 5.92 Å². The number of benzene rings is 1. The van der Waals surface area contributed by atoms with Crippen molar-refractivity contribution < 1.29 is 9.53 Å². The number of hydrogen-bond acceptors (Lipinski definition) is 2. The maximum absolute atomic E-state index is 12.2. The Bertz CT molecular complexity index is 594. The van der Waals surface area contributed by atoms with Gasteiger partial charge in [-0.2, -0.15) is 0 Å². The second-order valence-corrected chi connectivity index (χ2v) is 5.32. The van der Waals surface area contributed by atoms with Crippen LogP contribution >= 0.6 is 0 Å². The zero-order chi connectivity index (χ0) is 13.2. The van der Waals surface area contributed by atoms with Crippen molar-refractivity contribution in [2.45, 2.75) is 32.2 Å². The van der Waals surface area contributed by atoms with E-state index in [-0.39, 0.29) is 5.92 Å². The van der Waals surface area contributed by atoms with Gasteiger partial charge in [0, 0.05) is 23.0 Å². The minimum atomic E-state index is 0.288. The summed E-state index contributed by atoms with van der Waals surface area (Å²) >= 11 is 0. The summed E-state index contributed by atoms with van der Waals surface area (Å²) in [4.78, 5) is 12.2. The third-order valence-electron chi connectivity index (χ3n) is 4.11. The molecule has 0 N–H and O–H groups in total. The number of Topliss-reactive ketones (excluding diaryl/α,β-unsaturated/α-hetero) is 1. The van der Waals surface area contributed by atoms with E-state index in [2.05, 4.69) is 4.57 Å². The molecule has 0 radical (unpaired) electrons. The Morgan fingerprint density at radius 1 is 1.32 bits per heavy atom. The van der Waals surface area contributed by atoms with E-state index in [1.165, 1.54) is 12.8 Å². The van der Waals surface area contributed by atoms with Crippen molar-refractivity contribution in [1.82, 2.24) is 4.57 Å². The van der Waals surface area contributed by atoms with Gasteiger partial charge in [-0.25, -0.2) is 0 Å². The van der Waals surface area contributed by atoms with Crippen molar-refractivity contribution in [2.24, 2.45) is 5.92 Å². The van der Waals surface area contributed by atoms with Crippen LogP contribution < -0.4 is 4.74 Å². The molecule has 100 valence electrons. The van der Waals surface area contributed by atoms with E-state index in [4.69, 9.17) is 4.74 Å². The van der Waals surface area contributed by atoms with Gasteiger partial charge in [-0.05, 0) is 37.1 Å². The molecule has 2 aromatic rings. The summed E-state index contributed by atoms with van der Waals surface area (Å²) in [6, 6.07) is 8.01. The number of carbonyl (C=O) groups is 1. The summed E-state index contributed by atoms with van der Waals surface area (Å²) in [5, 5.41) is 1.12. The third kappa shape index (κ3) is 2.37. The fourth-order valence-electron chi connectivity index (χ4n) is 2.99. The van der Waals surface area contributed by atoms with Gasteiger partial charge in [0.05, 0.1) is 13.7 Å². The molecule has 1 aliphatic carbocycles. The van der Waals surface area contributed by atoms with Gasteiger partial charge in [0.1, 0.15) is 5.75 Å². The van der Waals surface area contributed by atoms with Crippen molar-refractivity contribution in [3.63, 3.8) is 0 Å². The number of carbonyl (C=O) groups excluding carboxylic acids is 1. The highest BCUT2D eigenvalue weighted by Crippen LogP contribution is 2.27. The van der Waals surface area contributed by atoms with Gasteiger partial charge in [0.25, 0.3) is 0 Å². The first-order valence-electron chi connectivity index (χ1n) is 6.93. The number of ether oxygens (including phenoxy) is 1. The lowest BCUT2D eigenvalue weighted by Gasteiger charge is -2.10. The molecule has 1 aromatic carbocycles. The first-order chi connectivity index (χ1) is 9.28. The zero-order valence-corrected chi connectivity index (χ0v) is 11.3. The SMILES string of the molecule is COc1ccc2c(ccn2CC(=O)C2CCCC2)c1. The predicted molar refractivity (Wildman–Crippen MR) is 75.5 cm³/mol. The first-order valence-corrected chi connectivity index (χ1v) is 6.93. The summed E-state index contributed by atoms with van der Waals surface area (Å²) in [7, 11) is 1.67. The fraction of sp³-hybridized carbons (Fsp3) is 0.438. The lowest BCUT2D eigenvalue weighted by Crippen LogP contribution is -2.17. The number of fused-ring (bicyclic) bond motifs is 1. The standard InChI is InChI=1S/C16H19NO2/c1-19-14-6-7-15-13(10-14)8-9-17(15)11-16(18)12-4-2-3-5-12/h6-10,12H,2-5,11H2,1H3. The summed E-state index contributed by atoms with van der Waals surface area (Å²) in [5.74, 6) is 1.52. The molecule has 19 heavy (non-hydrogen) atoms. The van der Waals surface area contributed by atoms with E-state index in [1.54, 1.807) is 7.11 Å². The van der Waals surface area contributed by atoms with Gasteiger partial charge >= 0.3 is 0 Å². The highest BCUT2D eigenvalue weighted by molar-refractivity contribution is 5.86. The van der Waals surface area contributed by atoms with Crippen LogP contribution in [0.3, 0.4) is 0 Å². The smallest absolute Gasteiger partial charge is 0.155 e. The average Bonchev–Trinajstić information content (AvgIpc) is 3.08. The van der Waals surface area contributed by atoms with E-state index in [0.29, 0.717) is 12.3 Å². The van der Waals surface area contributed by atoms with Gasteiger partial charge in [0.15, 0.2) is 5.78 Å². The van der Waals surface area contributed by atoms with Gasteiger partial charge in [0.2, 0.25) is 0 Å². The summed E-state index contributed by atoms with van der Waals surface area (Å²) in [6.07, 6.45) is 6.56. The third-order valence-corrected chi connectivity index (χ3v) is 4.11. The second-order valence-electron chi connectivity index (χ2n) is 5.32. The van der Waals surface area contributed by atoms with Crippen molar-refractivity contribution in [3.8, 4) is 5.75 Å². The summed E-state index contributed by atoms with van der Waals surface area (Å²) in [6.45, 7) is 0.500. The Balaban J connectivity index is 1.82. The number of hydrogen-bond donors (Lipinski definition) is 0. The molecule has 0 saturated heterocycles. The molecule has 0 amide bonds. The lowest BCUT2D eigenvalue weighted by molar-refractivity contribution is -0.123. The Morgan fingerprint density at radius 3 is 2.84 bits per heavy atom. The van der Waals surface area contributed by atoms with Gasteiger partial charge < -0.3 is 9.30 Å². The topological polar surface area (TPSA) is 31.2 Å². The Labute approximate surface area is 113 Å². The van der Waals surface area contributed by atoms with E-state index in [9.17, 15) is 4.79 Å². The van der Waals surface area contributed by atoms with Crippen LogP contribution in [0.1, 0.15) is 25.7 Å². The maximum Gasteiger partial charge on any atom is 0.155 e. The minimum absolute atomic E-state index is 0.288. The van der Waals surface area contributed by atoms with Crippen LogP contribution in [0.5, 0.6) is 5.75 Å². The van der Waals surface area contributed by atoms with Crippen LogP contribution in [0.15, 0.2) is 30.5 Å². The highest BCUT2D eigenvalue weighted by Gasteiger charge is 2.22. The Hall–Kier alpha value is -1.77. The summed E-state index contributed by atoms with van der Waals surface area (Å²) < 4.78 is 7.27. The average molecular weight is 257 g/mol. The van der Waals surface area contributed by atoms with Crippen LogP contribution in [0.25, 0.3) is 10.9 Å². The Kier molecular flexibility index (Phi) is 3.28. The molecule has 3 rings (SSSR count). The molecule has 1 saturated carbocycles. The lowest BCUT2D eigenvalue weighted by atomic mass is 10.0. The number of aromatic nitrogens is 1. The number of methoxy groups -OCH3 is 1. The molecular weight excluding hydrogens is 238 g/mol. The number of rotatable bonds is 4. The number of nitrogens with zero attached hydrogens (tertiary/aromatic N) is 1.